The molecule has 0 aliphatic heterocycles. The van der Waals surface area contributed by atoms with Crippen LogP contribution in [0.2, 0.25) is 0 Å². The van der Waals surface area contributed by atoms with Crippen molar-refractivity contribution in [3.8, 4) is 0 Å². The predicted molar refractivity (Wildman–Crippen MR) is 31.4 cm³/mol. The molecule has 1 N–H and O–H groups in total. The van der Waals surface area contributed by atoms with Gasteiger partial charge in [0.15, 0.2) is 0 Å². The summed E-state index contributed by atoms with van der Waals surface area (Å²) in [5.41, 5.74) is 0. The Morgan fingerprint density at radius 2 is 2.38 bits per heavy atom. The number of aliphatic hydroxyl groups is 1. The largest absolute Gasteiger partial charge is 0.393 e. The van der Waals surface area contributed by atoms with Gasteiger partial charge in [-0.15, -0.1) is 0 Å². The molecule has 1 heteroatoms. The summed E-state index contributed by atoms with van der Waals surface area (Å²) in [5.74, 6) is 1.35. The molecule has 0 heterocycles. The van der Waals surface area contributed by atoms with Crippen molar-refractivity contribution in [3.63, 3.8) is 0 Å². The van der Waals surface area contributed by atoms with Gasteiger partial charge >= 0.3 is 0 Å². The van der Waals surface area contributed by atoms with E-state index >= 15 is 0 Å². The minimum atomic E-state index is 0.0231. The van der Waals surface area contributed by atoms with Gasteiger partial charge in [-0.05, 0) is 24.7 Å². The monoisotopic (exact) mass is 110 g/mol. The summed E-state index contributed by atoms with van der Waals surface area (Å²) in [6, 6.07) is 0. The predicted octanol–water partition coefficient (Wildman–Crippen LogP) is 0.943. The minimum Gasteiger partial charge on any atom is -0.393 e. The first kappa shape index (κ1) is 4.57. The average molecular weight is 110 g/mol. The van der Waals surface area contributed by atoms with Crippen molar-refractivity contribution in [2.75, 3.05) is 0 Å². The number of aliphatic hydroxyl groups excluding tert-OH is 1. The lowest BCUT2D eigenvalue weighted by molar-refractivity contribution is -0.00322. The molecule has 0 spiro atoms. The molecule has 8 heavy (non-hydrogen) atoms. The van der Waals surface area contributed by atoms with E-state index in [1.807, 2.05) is 0 Å². The van der Waals surface area contributed by atoms with Crippen molar-refractivity contribution >= 4 is 0 Å². The lowest BCUT2D eigenvalue weighted by Crippen LogP contribution is -2.37. The Hall–Kier alpha value is -0.300. The van der Waals surface area contributed by atoms with Gasteiger partial charge < -0.3 is 5.11 Å². The zero-order valence-corrected chi connectivity index (χ0v) is 4.75. The fraction of sp³-hybridized carbons (Fsp3) is 0.714. The molecule has 2 rings (SSSR count). The fourth-order valence-corrected chi connectivity index (χ4v) is 1.68. The van der Waals surface area contributed by atoms with Crippen LogP contribution in [0.25, 0.3) is 0 Å². The Bertz CT molecular complexity index is 128. The van der Waals surface area contributed by atoms with E-state index in [1.165, 1.54) is 0 Å². The molecule has 1 nitrogen and oxygen atoms in total. The van der Waals surface area contributed by atoms with Crippen LogP contribution >= 0.6 is 0 Å². The van der Waals surface area contributed by atoms with Gasteiger partial charge in [0.1, 0.15) is 0 Å². The summed E-state index contributed by atoms with van der Waals surface area (Å²) in [7, 11) is 0. The highest BCUT2D eigenvalue weighted by atomic mass is 16.3. The molecule has 1 saturated carbocycles. The van der Waals surface area contributed by atoms with Crippen molar-refractivity contribution in [1.29, 1.82) is 0 Å². The van der Waals surface area contributed by atoms with Crippen molar-refractivity contribution in [2.45, 2.75) is 18.9 Å². The first-order valence-electron chi connectivity index (χ1n) is 3.22. The maximum absolute atomic E-state index is 9.08. The van der Waals surface area contributed by atoms with Crippen LogP contribution in [-0.4, -0.2) is 11.2 Å². The zero-order valence-electron chi connectivity index (χ0n) is 4.75. The van der Waals surface area contributed by atoms with Crippen LogP contribution in [0.5, 0.6) is 0 Å². The van der Waals surface area contributed by atoms with E-state index < -0.39 is 0 Å². The van der Waals surface area contributed by atoms with Crippen LogP contribution in [0.1, 0.15) is 12.8 Å². The maximum Gasteiger partial charge on any atom is 0.0582 e. The Kier molecular flexibility index (Phi) is 0.770. The van der Waals surface area contributed by atoms with E-state index in [9.17, 15) is 0 Å². The van der Waals surface area contributed by atoms with E-state index in [4.69, 9.17) is 5.11 Å². The van der Waals surface area contributed by atoms with Crippen molar-refractivity contribution < 1.29 is 5.11 Å². The standard InChI is InChI=1S/C7H10O/c8-7-4-5-2-1-3-6(5)7/h1-2,5-8H,3-4H2/t5-,6-,7-/m0/s1. The number of allylic oxidation sites excluding steroid dienone is 2. The molecule has 3 atom stereocenters. The molecule has 0 unspecified atom stereocenters. The highest BCUT2D eigenvalue weighted by Crippen LogP contribution is 2.42. The number of rotatable bonds is 0. The third-order valence-electron chi connectivity index (χ3n) is 2.35. The van der Waals surface area contributed by atoms with Gasteiger partial charge in [0.2, 0.25) is 0 Å². The molecule has 0 bridgehead atoms. The Labute approximate surface area is 49.0 Å². The number of hydrogen-bond donors (Lipinski definition) is 1. The molecular weight excluding hydrogens is 100 g/mol. The van der Waals surface area contributed by atoms with Crippen LogP contribution in [0.15, 0.2) is 12.2 Å². The number of fused-ring (bicyclic) bond motifs is 1. The summed E-state index contributed by atoms with van der Waals surface area (Å²) in [6.07, 6.45) is 6.57. The average Bonchev–Trinajstić information content (AvgIpc) is 2.09. The number of hydrogen-bond acceptors (Lipinski definition) is 1. The second-order valence-electron chi connectivity index (χ2n) is 2.79. The zero-order chi connectivity index (χ0) is 5.56. The normalized spacial score (nSPS) is 50.9. The molecule has 0 radical (unpaired) electrons. The summed E-state index contributed by atoms with van der Waals surface area (Å²) in [6.45, 7) is 0. The SMILES string of the molecule is O[C@H]1C[C@@H]2C=CC[C@H]12. The minimum absolute atomic E-state index is 0.0231. The van der Waals surface area contributed by atoms with Crippen LogP contribution < -0.4 is 0 Å². The molecule has 0 aromatic heterocycles. The van der Waals surface area contributed by atoms with Crippen LogP contribution in [0.4, 0.5) is 0 Å². The van der Waals surface area contributed by atoms with Gasteiger partial charge in [-0.3, -0.25) is 0 Å². The molecule has 1 fully saturated rings. The van der Waals surface area contributed by atoms with Gasteiger partial charge in [0, 0.05) is 0 Å². The molecule has 0 aromatic rings. The van der Waals surface area contributed by atoms with Crippen LogP contribution in [0, 0.1) is 11.8 Å². The quantitative estimate of drug-likeness (QED) is 0.460. The molecule has 0 saturated heterocycles. The maximum atomic E-state index is 9.08. The molecule has 44 valence electrons. The first-order valence-corrected chi connectivity index (χ1v) is 3.22. The Balaban J connectivity index is 2.08. The summed E-state index contributed by atoms with van der Waals surface area (Å²) >= 11 is 0. The van der Waals surface area contributed by atoms with Gasteiger partial charge in [0.05, 0.1) is 6.10 Å². The molecule has 2 aliphatic carbocycles. The molecule has 0 amide bonds. The van der Waals surface area contributed by atoms with E-state index in [0.717, 1.165) is 18.8 Å². The summed E-state index contributed by atoms with van der Waals surface area (Å²) in [5, 5.41) is 9.08. The third-order valence-corrected chi connectivity index (χ3v) is 2.35. The fourth-order valence-electron chi connectivity index (χ4n) is 1.68. The van der Waals surface area contributed by atoms with E-state index in [0.29, 0.717) is 5.92 Å². The van der Waals surface area contributed by atoms with Gasteiger partial charge in [-0.25, -0.2) is 0 Å². The van der Waals surface area contributed by atoms with Gasteiger partial charge in [0.25, 0.3) is 0 Å². The topological polar surface area (TPSA) is 20.2 Å². The van der Waals surface area contributed by atoms with Crippen LogP contribution in [0.3, 0.4) is 0 Å². The van der Waals surface area contributed by atoms with Crippen molar-refractivity contribution in [2.24, 2.45) is 11.8 Å². The highest BCUT2D eigenvalue weighted by molar-refractivity contribution is 5.09. The molecular formula is C7H10O. The van der Waals surface area contributed by atoms with Gasteiger partial charge in [-0.1, -0.05) is 12.2 Å². The molecule has 0 aromatic carbocycles. The second kappa shape index (κ2) is 1.35. The molecule has 2 aliphatic rings. The Morgan fingerprint density at radius 3 is 2.88 bits per heavy atom. The van der Waals surface area contributed by atoms with Crippen molar-refractivity contribution in [3.05, 3.63) is 12.2 Å². The summed E-state index contributed by atoms with van der Waals surface area (Å²) < 4.78 is 0. The lowest BCUT2D eigenvalue weighted by atomic mass is 9.73. The smallest absolute Gasteiger partial charge is 0.0582 e. The first-order chi connectivity index (χ1) is 3.88. The highest BCUT2D eigenvalue weighted by Gasteiger charge is 2.39. The van der Waals surface area contributed by atoms with E-state index in [1.54, 1.807) is 0 Å². The van der Waals surface area contributed by atoms with Crippen molar-refractivity contribution in [1.82, 2.24) is 0 Å². The second-order valence-corrected chi connectivity index (χ2v) is 2.79. The van der Waals surface area contributed by atoms with Crippen LogP contribution in [-0.2, 0) is 0 Å². The Morgan fingerprint density at radius 1 is 1.50 bits per heavy atom. The lowest BCUT2D eigenvalue weighted by Gasteiger charge is -2.36. The third kappa shape index (κ3) is 0.402. The van der Waals surface area contributed by atoms with Gasteiger partial charge in [-0.2, -0.15) is 0 Å². The van der Waals surface area contributed by atoms with E-state index in [-0.39, 0.29) is 6.10 Å². The summed E-state index contributed by atoms with van der Waals surface area (Å²) in [4.78, 5) is 0. The van der Waals surface area contributed by atoms with E-state index in [2.05, 4.69) is 12.2 Å².